The Balaban J connectivity index is 0.960. The molecule has 0 amide bonds. The van der Waals surface area contributed by atoms with E-state index >= 15 is 0 Å². The van der Waals surface area contributed by atoms with Gasteiger partial charge in [0.05, 0.1) is 56.7 Å². The summed E-state index contributed by atoms with van der Waals surface area (Å²) in [6.45, 7) is 0. The number of rotatable bonds is 12. The van der Waals surface area contributed by atoms with Gasteiger partial charge >= 0.3 is 0 Å². The Morgan fingerprint density at radius 3 is 0.906 bits per heavy atom. The summed E-state index contributed by atoms with van der Waals surface area (Å²) in [5, 5.41) is 24.2. The zero-order valence-corrected chi connectivity index (χ0v) is 51.5. The van der Waals surface area contributed by atoms with E-state index in [0.717, 1.165) is 133 Å². The van der Waals surface area contributed by atoms with E-state index in [4.69, 9.17) is 29.9 Å². The maximum atomic E-state index is 9.97. The average Bonchev–Trinajstić information content (AvgIpc) is 1.52. The summed E-state index contributed by atoms with van der Waals surface area (Å²) >= 11 is 0. The van der Waals surface area contributed by atoms with Crippen LogP contribution in [-0.2, 0) is 0 Å². The molecule has 0 saturated carbocycles. The molecule has 96 heavy (non-hydrogen) atoms. The highest BCUT2D eigenvalue weighted by Gasteiger charge is 2.26. The fourth-order valence-corrected chi connectivity index (χ4v) is 13.5. The normalized spacial score (nSPS) is 11.3. The minimum atomic E-state index is 0.502. The third-order valence-corrected chi connectivity index (χ3v) is 17.9. The van der Waals surface area contributed by atoms with Crippen LogP contribution in [0, 0.1) is 22.7 Å². The second kappa shape index (κ2) is 23.9. The van der Waals surface area contributed by atoms with Gasteiger partial charge in [0, 0.05) is 66.1 Å². The largest absolute Gasteiger partial charge is 0.309 e. The quantitative estimate of drug-likeness (QED) is 0.118. The topological polar surface area (TPSA) is 135 Å². The van der Waals surface area contributed by atoms with Crippen LogP contribution in [-0.4, -0.2) is 39.0 Å². The lowest BCUT2D eigenvalue weighted by Gasteiger charge is -2.21. The van der Waals surface area contributed by atoms with Crippen molar-refractivity contribution in [2.75, 3.05) is 0 Å². The first-order valence-corrected chi connectivity index (χ1v) is 31.7. The van der Waals surface area contributed by atoms with E-state index in [0.29, 0.717) is 46.1 Å². The molecule has 0 N–H and O–H groups in total. The number of hydrogen-bond donors (Lipinski definition) is 0. The molecular weight excluding hydrogens is 1170 g/mol. The van der Waals surface area contributed by atoms with E-state index in [2.05, 4.69) is 179 Å². The summed E-state index contributed by atoms with van der Waals surface area (Å²) in [6, 6.07) is 113. The highest BCUT2D eigenvalue weighted by molar-refractivity contribution is 6.13. The maximum Gasteiger partial charge on any atom is 0.164 e. The molecule has 0 aliphatic rings. The van der Waals surface area contributed by atoms with Crippen LogP contribution in [0.4, 0.5) is 0 Å². The van der Waals surface area contributed by atoms with Crippen LogP contribution in [0.5, 0.6) is 0 Å². The first-order chi connectivity index (χ1) is 47.5. The molecule has 4 aromatic heterocycles. The van der Waals surface area contributed by atoms with Crippen molar-refractivity contribution in [1.82, 2.24) is 39.0 Å². The van der Waals surface area contributed by atoms with Crippen LogP contribution in [0.2, 0.25) is 0 Å². The Kier molecular flexibility index (Phi) is 14.1. The van der Waals surface area contributed by atoms with Gasteiger partial charge < -0.3 is 9.13 Å². The summed E-state index contributed by atoms with van der Waals surface area (Å²) in [4.78, 5) is 32.1. The summed E-state index contributed by atoms with van der Waals surface area (Å²) in [5.41, 5.74) is 19.5. The second-order valence-electron chi connectivity index (χ2n) is 23.6. The van der Waals surface area contributed by atoms with Crippen LogP contribution in [0.25, 0.3) is 168 Å². The van der Waals surface area contributed by atoms with E-state index in [1.165, 1.54) is 0 Å². The fourth-order valence-electron chi connectivity index (χ4n) is 13.5. The number of hydrogen-bond acceptors (Lipinski definition) is 8. The molecule has 0 atom stereocenters. The smallest absolute Gasteiger partial charge is 0.164 e. The zero-order chi connectivity index (χ0) is 64.1. The lowest BCUT2D eigenvalue weighted by atomic mass is 9.91. The van der Waals surface area contributed by atoms with Gasteiger partial charge in [0.2, 0.25) is 0 Å². The monoisotopic (exact) mass is 1220 g/mol. The van der Waals surface area contributed by atoms with Gasteiger partial charge in [-0.3, -0.25) is 0 Å². The van der Waals surface area contributed by atoms with Crippen molar-refractivity contribution < 1.29 is 0 Å². The number of benzene rings is 13. The highest BCUT2D eigenvalue weighted by atomic mass is 15.1. The minimum absolute atomic E-state index is 0.502. The first-order valence-electron chi connectivity index (χ1n) is 31.7. The van der Waals surface area contributed by atoms with Crippen LogP contribution in [0.15, 0.2) is 315 Å². The van der Waals surface area contributed by atoms with Crippen molar-refractivity contribution >= 4 is 43.6 Å². The van der Waals surface area contributed by atoms with Gasteiger partial charge in [-0.1, -0.05) is 237 Å². The van der Waals surface area contributed by atoms with Crippen molar-refractivity contribution in [3.63, 3.8) is 0 Å². The molecule has 17 rings (SSSR count). The van der Waals surface area contributed by atoms with Crippen molar-refractivity contribution in [3.05, 3.63) is 327 Å². The molecule has 0 aliphatic carbocycles. The first kappa shape index (κ1) is 56.4. The van der Waals surface area contributed by atoms with Crippen LogP contribution in [0.1, 0.15) is 11.1 Å². The molecule has 10 nitrogen and oxygen atoms in total. The number of para-hydroxylation sites is 2. The molecule has 0 fully saturated rings. The van der Waals surface area contributed by atoms with Gasteiger partial charge in [0.25, 0.3) is 0 Å². The van der Waals surface area contributed by atoms with E-state index < -0.39 is 0 Å². The zero-order valence-electron chi connectivity index (χ0n) is 51.5. The van der Waals surface area contributed by atoms with Crippen molar-refractivity contribution in [2.24, 2.45) is 0 Å². The number of nitrogens with zero attached hydrogens (tertiary/aromatic N) is 10. The molecular formula is C86H52N10. The Labute approximate surface area is 553 Å². The number of nitriles is 2. The van der Waals surface area contributed by atoms with Crippen molar-refractivity contribution in [1.29, 1.82) is 10.5 Å². The van der Waals surface area contributed by atoms with Gasteiger partial charge in [0.1, 0.15) is 0 Å². The predicted molar refractivity (Wildman–Crippen MR) is 386 cm³/mol. The Bertz CT molecular complexity index is 5500. The lowest BCUT2D eigenvalue weighted by molar-refractivity contribution is 1.07. The van der Waals surface area contributed by atoms with Crippen molar-refractivity contribution in [3.8, 4) is 136 Å². The standard InChI is InChI=1S/C86H52N10/c87-53-55-22-17-32-61(48-55)63-44-46-75-71(51-63)67-36-13-15-40-73(67)95(75)77-42-20-38-69(85-91-81(57-24-5-1-6-25-57)89-82(92-85)58-26-7-2-8-27-58)79(77)65-34-19-35-66(50-65)80-70(86-93-83(59-28-9-3-10-29-59)90-84(94-86)60-30-11-4-12-31-60)39-21-43-78(80)96-74-41-16-14-37-68(74)72-52-64(45-47-76(72)96)62-33-18-23-56(49-62)54-88/h1-52H. The van der Waals surface area contributed by atoms with E-state index in [1.54, 1.807) is 0 Å². The molecule has 0 saturated heterocycles. The Hall–Kier alpha value is -13.5. The Morgan fingerprint density at radius 2 is 0.521 bits per heavy atom. The molecule has 0 spiro atoms. The molecule has 4 heterocycles. The third-order valence-electron chi connectivity index (χ3n) is 17.9. The molecule has 17 aromatic rings. The summed E-state index contributed by atoms with van der Waals surface area (Å²) < 4.78 is 4.73. The molecule has 10 heteroatoms. The van der Waals surface area contributed by atoms with Crippen LogP contribution < -0.4 is 0 Å². The number of aromatic nitrogens is 8. The summed E-state index contributed by atoms with van der Waals surface area (Å²) in [7, 11) is 0. The molecule has 0 unspecified atom stereocenters. The highest BCUT2D eigenvalue weighted by Crippen LogP contribution is 2.47. The van der Waals surface area contributed by atoms with E-state index in [1.807, 2.05) is 158 Å². The third kappa shape index (κ3) is 10.1. The Morgan fingerprint density at radius 1 is 0.219 bits per heavy atom. The average molecular weight is 1230 g/mol. The van der Waals surface area contributed by atoms with Gasteiger partial charge in [-0.15, -0.1) is 0 Å². The van der Waals surface area contributed by atoms with Crippen molar-refractivity contribution in [2.45, 2.75) is 0 Å². The van der Waals surface area contributed by atoms with Crippen LogP contribution in [0.3, 0.4) is 0 Å². The predicted octanol–water partition coefficient (Wildman–Crippen LogP) is 20.7. The summed E-state index contributed by atoms with van der Waals surface area (Å²) in [6.07, 6.45) is 0. The van der Waals surface area contributed by atoms with Gasteiger partial charge in [0.15, 0.2) is 34.9 Å². The van der Waals surface area contributed by atoms with E-state index in [9.17, 15) is 10.5 Å². The second-order valence-corrected chi connectivity index (χ2v) is 23.6. The minimum Gasteiger partial charge on any atom is -0.309 e. The summed E-state index contributed by atoms with van der Waals surface area (Å²) in [5.74, 6) is 3.19. The SMILES string of the molecule is N#Cc1cccc(-c2ccc3c(c2)c2ccccc2n3-c2cccc(-c3nc(-c4ccccc4)nc(-c4ccccc4)n3)c2-c2cccc(-c3c(-c4nc(-c5ccccc5)nc(-c5ccccc5)n4)cccc3-n3c4ccccc4c4cc(-c5cccc(C#N)c5)ccc43)c2)c1. The molecule has 446 valence electrons. The van der Waals surface area contributed by atoms with Gasteiger partial charge in [-0.25, -0.2) is 29.9 Å². The van der Waals surface area contributed by atoms with Gasteiger partial charge in [-0.2, -0.15) is 10.5 Å². The number of fused-ring (bicyclic) bond motifs is 6. The maximum absolute atomic E-state index is 9.97. The molecule has 0 bridgehead atoms. The molecule has 0 radical (unpaired) electrons. The van der Waals surface area contributed by atoms with E-state index in [-0.39, 0.29) is 0 Å². The molecule has 0 aliphatic heterocycles. The van der Waals surface area contributed by atoms with Gasteiger partial charge in [-0.05, 0) is 112 Å². The lowest BCUT2D eigenvalue weighted by Crippen LogP contribution is -2.05. The molecule has 13 aromatic carbocycles. The van der Waals surface area contributed by atoms with Crippen LogP contribution >= 0.6 is 0 Å². The fraction of sp³-hybridized carbons (Fsp3) is 0.